The van der Waals surface area contributed by atoms with Gasteiger partial charge >= 0.3 is 48.9 Å². The van der Waals surface area contributed by atoms with Crippen LogP contribution in [0.2, 0.25) is 0 Å². The minimum absolute atomic E-state index is 0. The van der Waals surface area contributed by atoms with Crippen molar-refractivity contribution in [2.45, 2.75) is 32.3 Å². The zero-order chi connectivity index (χ0) is 9.46. The zero-order valence-electron chi connectivity index (χ0n) is 8.44. The molecule has 1 rings (SSSR count). The number of rotatable bonds is 0. The van der Waals surface area contributed by atoms with Crippen LogP contribution in [0.1, 0.15) is 2.85 Å². The van der Waals surface area contributed by atoms with Gasteiger partial charge in [-0.1, -0.05) is 0 Å². The van der Waals surface area contributed by atoms with Crippen molar-refractivity contribution in [2.75, 3.05) is 0 Å². The molecule has 1 aliphatic carbocycles. The van der Waals surface area contributed by atoms with Gasteiger partial charge in [0.1, 0.15) is 0 Å². The Bertz CT molecular complexity index is 117. The summed E-state index contributed by atoms with van der Waals surface area (Å²) in [5, 5.41) is -2.62. The van der Waals surface area contributed by atoms with E-state index in [9.17, 15) is 0 Å². The third kappa shape index (κ3) is 3.64. The molecule has 0 heterocycles. The first-order valence-corrected chi connectivity index (χ1v) is 5.93. The first kappa shape index (κ1) is 16.3. The summed E-state index contributed by atoms with van der Waals surface area (Å²) in [6.07, 6.45) is 0. The maximum absolute atomic E-state index is 5.88. The van der Waals surface area contributed by atoms with Crippen LogP contribution < -0.4 is 0 Å². The Kier molecular flexibility index (Phi) is 8.66. The van der Waals surface area contributed by atoms with Gasteiger partial charge in [0.05, 0.1) is 32.3 Å². The van der Waals surface area contributed by atoms with Crippen molar-refractivity contribution in [1.29, 1.82) is 0 Å². The average Bonchev–Trinajstić information content (AvgIpc) is 2.08. The summed E-state index contributed by atoms with van der Waals surface area (Å²) >= 11 is 35.3. The number of hydrogen-bond acceptors (Lipinski definition) is 0. The van der Waals surface area contributed by atoms with Gasteiger partial charge in [0.2, 0.25) is 0 Å². The summed E-state index contributed by atoms with van der Waals surface area (Å²) in [5.74, 6) is 0. The van der Waals surface area contributed by atoms with E-state index in [4.69, 9.17) is 69.6 Å². The normalized spacial score (nSPS) is 51.2. The second-order valence-electron chi connectivity index (χ2n) is 2.67. The third-order valence-corrected chi connectivity index (χ3v) is 5.86. The Balaban J connectivity index is -0.000000480. The molecule has 0 saturated heterocycles. The minimum atomic E-state index is -0.437. The van der Waals surface area contributed by atoms with Crippen LogP contribution >= 0.6 is 69.6 Å². The molecule has 0 unspecified atom stereocenters. The van der Waals surface area contributed by atoms with Gasteiger partial charge in [0.15, 0.2) is 0 Å². The quantitative estimate of drug-likeness (QED) is 0.408. The molecule has 1 fully saturated rings. The average molecular weight is 430 g/mol. The van der Waals surface area contributed by atoms with E-state index < -0.39 is 32.3 Å². The summed E-state index contributed by atoms with van der Waals surface area (Å²) in [7, 11) is 0. The van der Waals surface area contributed by atoms with E-state index in [0.717, 1.165) is 0 Å². The van der Waals surface area contributed by atoms with Crippen LogP contribution in [0.4, 0.5) is 0 Å². The molecule has 0 aromatic carbocycles. The van der Waals surface area contributed by atoms with Crippen LogP contribution in [0.25, 0.3) is 0 Å². The van der Waals surface area contributed by atoms with Gasteiger partial charge in [-0.2, -0.15) is 0 Å². The first-order valence-electron chi connectivity index (χ1n) is 3.31. The SMILES string of the molecule is ClC1C(Cl)C(Cl)C(Cl)C(Cl)C1Cl.[Ba+2].[H-].[H-]. The number of halogens is 6. The van der Waals surface area contributed by atoms with Crippen LogP contribution in [-0.4, -0.2) is 81.1 Å². The summed E-state index contributed by atoms with van der Waals surface area (Å²) in [4.78, 5) is 0. The zero-order valence-corrected chi connectivity index (χ0v) is 15.4. The predicted molar refractivity (Wildman–Crippen MR) is 65.8 cm³/mol. The molecule has 0 aliphatic heterocycles. The fourth-order valence-corrected chi connectivity index (χ4v) is 3.38. The molecule has 0 nitrogen and oxygen atoms in total. The van der Waals surface area contributed by atoms with E-state index in [0.29, 0.717) is 0 Å². The largest absolute Gasteiger partial charge is 2.00 e. The molecule has 1 saturated carbocycles. The Morgan fingerprint density at radius 1 is 0.462 bits per heavy atom. The standard InChI is InChI=1S/C6H6Cl6.Ba.2H/c7-1-2(8)4(10)6(12)5(11)3(1)9;;;/h1-6H;;;/q;+2;2*-1. The Hall–Kier alpha value is 3.31. The second kappa shape index (κ2) is 6.90. The summed E-state index contributed by atoms with van der Waals surface area (Å²) < 4.78 is 0. The molecule has 0 bridgehead atoms. The van der Waals surface area contributed by atoms with Crippen molar-refractivity contribution in [2.24, 2.45) is 0 Å². The molecule has 13 heavy (non-hydrogen) atoms. The maximum Gasteiger partial charge on any atom is 2.00 e. The van der Waals surface area contributed by atoms with Gasteiger partial charge in [-0.25, -0.2) is 0 Å². The molecular weight excluding hydrogens is 422 g/mol. The van der Waals surface area contributed by atoms with E-state index in [2.05, 4.69) is 0 Å². The fourth-order valence-electron chi connectivity index (χ4n) is 1.05. The van der Waals surface area contributed by atoms with Gasteiger partial charge in [0.25, 0.3) is 0 Å². The molecule has 1 aliphatic rings. The fraction of sp³-hybridized carbons (Fsp3) is 1.00. The molecule has 0 aromatic rings. The smallest absolute Gasteiger partial charge is 1.00 e. The van der Waals surface area contributed by atoms with Crippen LogP contribution in [0, 0.1) is 0 Å². The molecule has 0 radical (unpaired) electrons. The van der Waals surface area contributed by atoms with E-state index in [1.165, 1.54) is 0 Å². The van der Waals surface area contributed by atoms with Crippen molar-refractivity contribution >= 4 is 118 Å². The molecule has 0 aromatic heterocycles. The van der Waals surface area contributed by atoms with Gasteiger partial charge in [-0.05, 0) is 0 Å². The van der Waals surface area contributed by atoms with Gasteiger partial charge in [-0.15, -0.1) is 69.6 Å². The Labute approximate surface area is 151 Å². The molecule has 0 N–H and O–H groups in total. The molecule has 76 valence electrons. The Morgan fingerprint density at radius 2 is 0.538 bits per heavy atom. The summed E-state index contributed by atoms with van der Waals surface area (Å²) in [6, 6.07) is 0. The first-order chi connectivity index (χ1) is 5.46. The van der Waals surface area contributed by atoms with Crippen LogP contribution in [0.3, 0.4) is 0 Å². The third-order valence-electron chi connectivity index (χ3n) is 1.83. The maximum atomic E-state index is 5.88. The summed E-state index contributed by atoms with van der Waals surface area (Å²) in [6.45, 7) is 0. The van der Waals surface area contributed by atoms with Gasteiger partial charge in [0, 0.05) is 0 Å². The molecule has 7 heteroatoms. The van der Waals surface area contributed by atoms with Crippen molar-refractivity contribution in [3.05, 3.63) is 0 Å². The van der Waals surface area contributed by atoms with Crippen LogP contribution in [-0.2, 0) is 0 Å². The van der Waals surface area contributed by atoms with E-state index >= 15 is 0 Å². The number of hydrogen-bond donors (Lipinski definition) is 0. The van der Waals surface area contributed by atoms with Crippen LogP contribution in [0.15, 0.2) is 0 Å². The van der Waals surface area contributed by atoms with E-state index in [1.807, 2.05) is 0 Å². The topological polar surface area (TPSA) is 0 Å². The molecule has 0 spiro atoms. The summed E-state index contributed by atoms with van der Waals surface area (Å²) in [5.41, 5.74) is 0. The Morgan fingerprint density at radius 3 is 0.615 bits per heavy atom. The number of alkyl halides is 6. The molecule has 0 atom stereocenters. The molecular formula is C6H8BaCl6. The van der Waals surface area contributed by atoms with Crippen LogP contribution in [0.5, 0.6) is 0 Å². The molecule has 0 amide bonds. The van der Waals surface area contributed by atoms with E-state index in [-0.39, 0.29) is 51.7 Å². The van der Waals surface area contributed by atoms with Crippen molar-refractivity contribution in [3.63, 3.8) is 0 Å². The second-order valence-corrected chi connectivity index (χ2v) is 5.69. The van der Waals surface area contributed by atoms with Gasteiger partial charge in [-0.3, -0.25) is 0 Å². The van der Waals surface area contributed by atoms with Crippen molar-refractivity contribution in [3.8, 4) is 0 Å². The van der Waals surface area contributed by atoms with Crippen molar-refractivity contribution < 1.29 is 2.85 Å². The van der Waals surface area contributed by atoms with Gasteiger partial charge < -0.3 is 2.85 Å². The predicted octanol–water partition coefficient (Wildman–Crippen LogP) is 3.49. The minimum Gasteiger partial charge on any atom is -1.00 e. The van der Waals surface area contributed by atoms with Crippen molar-refractivity contribution in [1.82, 2.24) is 0 Å². The monoisotopic (exact) mass is 428 g/mol. The van der Waals surface area contributed by atoms with E-state index in [1.54, 1.807) is 0 Å².